The summed E-state index contributed by atoms with van der Waals surface area (Å²) < 4.78 is 9.33. The largest absolute Gasteiger partial charge is 0.377 e. The van der Waals surface area contributed by atoms with E-state index < -0.39 is 0 Å². The van der Waals surface area contributed by atoms with E-state index in [1.807, 2.05) is 23.1 Å². The second-order valence-corrected chi connectivity index (χ2v) is 7.48. The molecule has 3 aromatic rings. The normalized spacial score (nSPS) is 16.1. The van der Waals surface area contributed by atoms with E-state index in [0.717, 1.165) is 68.6 Å². The van der Waals surface area contributed by atoms with Crippen molar-refractivity contribution < 1.29 is 4.74 Å². The molecule has 0 bridgehead atoms. The Balaban J connectivity index is 0.00000272. The topological polar surface area (TPSA) is 94.2 Å². The second-order valence-electron chi connectivity index (χ2n) is 7.48. The molecule has 3 heterocycles. The molecule has 0 saturated carbocycles. The van der Waals surface area contributed by atoms with E-state index in [0.29, 0.717) is 6.61 Å². The summed E-state index contributed by atoms with van der Waals surface area (Å²) >= 11 is 0. The molecule has 1 aromatic carbocycles. The fourth-order valence-electron chi connectivity index (χ4n) is 3.80. The first-order valence-electron chi connectivity index (χ1n) is 10.6. The number of fused-ring (bicyclic) bond motifs is 2. The van der Waals surface area contributed by atoms with Crippen molar-refractivity contribution in [3.8, 4) is 0 Å². The molecule has 4 rings (SSSR count). The Morgan fingerprint density at radius 3 is 3.03 bits per heavy atom. The molecule has 168 valence electrons. The molecule has 0 aliphatic carbocycles. The Hall–Kier alpha value is -2.21. The number of guanidine groups is 1. The minimum Gasteiger partial charge on any atom is -0.377 e. The number of hydrogen-bond donors (Lipinski definition) is 2. The smallest absolute Gasteiger partial charge is 0.191 e. The van der Waals surface area contributed by atoms with Gasteiger partial charge < -0.3 is 19.9 Å². The van der Waals surface area contributed by atoms with Gasteiger partial charge in [-0.25, -0.2) is 14.6 Å². The molecular formula is C21H31IN8O. The number of nitrogens with zero attached hydrogens (tertiary/aromatic N) is 6. The Kier molecular flexibility index (Phi) is 8.64. The molecule has 1 unspecified atom stereocenters. The SMILES string of the molecule is CCNC(=NCCCn1cnc2ccccc21)NC1CCc2nc(COC)nn2C1.I. The fourth-order valence-corrected chi connectivity index (χ4v) is 3.80. The number of nitrogens with one attached hydrogen (secondary N) is 2. The standard InChI is InChI=1S/C21H30N8O.HI/c1-3-22-21(23-11-6-12-28-15-24-17-7-4-5-8-18(17)28)25-16-9-10-20-26-19(14-30-2)27-29(20)13-16;/h4-5,7-8,15-16H,3,6,9-14H2,1-2H3,(H2,22,23,25);1H. The quantitative estimate of drug-likeness (QED) is 0.198. The van der Waals surface area contributed by atoms with Crippen LogP contribution in [0.1, 0.15) is 31.4 Å². The number of rotatable bonds is 8. The van der Waals surface area contributed by atoms with Gasteiger partial charge in [-0.15, -0.1) is 24.0 Å². The molecule has 10 heteroatoms. The highest BCUT2D eigenvalue weighted by atomic mass is 127. The Bertz CT molecular complexity index is 998. The van der Waals surface area contributed by atoms with Crippen molar-refractivity contribution in [1.29, 1.82) is 0 Å². The lowest BCUT2D eigenvalue weighted by molar-refractivity contribution is 0.177. The molecule has 9 nitrogen and oxygen atoms in total. The lowest BCUT2D eigenvalue weighted by Crippen LogP contribution is -2.47. The summed E-state index contributed by atoms with van der Waals surface area (Å²) in [5.74, 6) is 2.65. The third-order valence-electron chi connectivity index (χ3n) is 5.21. The van der Waals surface area contributed by atoms with Crippen molar-refractivity contribution in [1.82, 2.24) is 34.9 Å². The molecule has 0 spiro atoms. The van der Waals surface area contributed by atoms with Crippen LogP contribution in [0, 0.1) is 0 Å². The number of methoxy groups -OCH3 is 1. The van der Waals surface area contributed by atoms with Crippen LogP contribution in [0.5, 0.6) is 0 Å². The van der Waals surface area contributed by atoms with Gasteiger partial charge in [-0.1, -0.05) is 12.1 Å². The first-order valence-corrected chi connectivity index (χ1v) is 10.6. The number of aryl methyl sites for hydroxylation is 2. The van der Waals surface area contributed by atoms with Gasteiger partial charge in [0.15, 0.2) is 11.8 Å². The molecule has 1 aliphatic heterocycles. The van der Waals surface area contributed by atoms with Crippen LogP contribution in [0.4, 0.5) is 0 Å². The van der Waals surface area contributed by atoms with Crippen LogP contribution < -0.4 is 10.6 Å². The van der Waals surface area contributed by atoms with Crippen LogP contribution in [0.3, 0.4) is 0 Å². The predicted octanol–water partition coefficient (Wildman–Crippen LogP) is 2.35. The third kappa shape index (κ3) is 5.94. The average molecular weight is 538 g/mol. The van der Waals surface area contributed by atoms with Crippen LogP contribution in [0.25, 0.3) is 11.0 Å². The van der Waals surface area contributed by atoms with Crippen molar-refractivity contribution >= 4 is 41.0 Å². The highest BCUT2D eigenvalue weighted by molar-refractivity contribution is 14.0. The van der Waals surface area contributed by atoms with Gasteiger partial charge >= 0.3 is 0 Å². The average Bonchev–Trinajstić information content (AvgIpc) is 3.35. The number of benzene rings is 1. The molecule has 2 N–H and O–H groups in total. The summed E-state index contributed by atoms with van der Waals surface area (Å²) in [6.45, 7) is 5.81. The molecule has 1 aliphatic rings. The molecule has 0 radical (unpaired) electrons. The van der Waals surface area contributed by atoms with E-state index in [1.54, 1.807) is 7.11 Å². The number of para-hydroxylation sites is 2. The summed E-state index contributed by atoms with van der Waals surface area (Å²) in [7, 11) is 1.67. The molecule has 0 amide bonds. The Labute approximate surface area is 199 Å². The van der Waals surface area contributed by atoms with E-state index in [2.05, 4.69) is 49.3 Å². The van der Waals surface area contributed by atoms with Gasteiger partial charge in [-0.05, 0) is 31.9 Å². The van der Waals surface area contributed by atoms with E-state index in [9.17, 15) is 0 Å². The zero-order valence-corrected chi connectivity index (χ0v) is 20.5. The molecule has 0 fully saturated rings. The van der Waals surface area contributed by atoms with Gasteiger partial charge in [-0.3, -0.25) is 4.99 Å². The van der Waals surface area contributed by atoms with Crippen LogP contribution >= 0.6 is 24.0 Å². The van der Waals surface area contributed by atoms with Crippen LogP contribution in [-0.4, -0.2) is 56.5 Å². The van der Waals surface area contributed by atoms with Crippen LogP contribution in [-0.2, 0) is 30.9 Å². The van der Waals surface area contributed by atoms with Crippen LogP contribution in [0.15, 0.2) is 35.6 Å². The Morgan fingerprint density at radius 2 is 2.19 bits per heavy atom. The minimum atomic E-state index is 0. The molecule has 2 aromatic heterocycles. The lowest BCUT2D eigenvalue weighted by atomic mass is 10.1. The van der Waals surface area contributed by atoms with Crippen molar-refractivity contribution in [3.05, 3.63) is 42.2 Å². The maximum absolute atomic E-state index is 5.15. The van der Waals surface area contributed by atoms with Gasteiger partial charge in [0.05, 0.1) is 23.9 Å². The fraction of sp³-hybridized carbons (Fsp3) is 0.524. The third-order valence-corrected chi connectivity index (χ3v) is 5.21. The van der Waals surface area contributed by atoms with Gasteiger partial charge in [0.2, 0.25) is 0 Å². The van der Waals surface area contributed by atoms with Crippen molar-refractivity contribution in [2.24, 2.45) is 4.99 Å². The number of aromatic nitrogens is 5. The van der Waals surface area contributed by atoms with Gasteiger partial charge in [0.1, 0.15) is 12.4 Å². The first kappa shape index (κ1) is 23.5. The Morgan fingerprint density at radius 1 is 1.32 bits per heavy atom. The van der Waals surface area contributed by atoms with E-state index >= 15 is 0 Å². The zero-order chi connectivity index (χ0) is 20.8. The van der Waals surface area contributed by atoms with E-state index in [-0.39, 0.29) is 30.0 Å². The van der Waals surface area contributed by atoms with E-state index in [4.69, 9.17) is 9.73 Å². The highest BCUT2D eigenvalue weighted by Crippen LogP contribution is 2.14. The number of imidazole rings is 1. The first-order chi connectivity index (χ1) is 14.8. The molecule has 0 saturated heterocycles. The summed E-state index contributed by atoms with van der Waals surface area (Å²) in [6, 6.07) is 8.50. The molecule has 1 atom stereocenters. The minimum absolute atomic E-state index is 0. The van der Waals surface area contributed by atoms with Gasteiger partial charge in [0.25, 0.3) is 0 Å². The zero-order valence-electron chi connectivity index (χ0n) is 18.1. The van der Waals surface area contributed by atoms with Crippen molar-refractivity contribution in [2.45, 2.75) is 51.9 Å². The van der Waals surface area contributed by atoms with Crippen molar-refractivity contribution in [2.75, 3.05) is 20.2 Å². The summed E-state index contributed by atoms with van der Waals surface area (Å²) in [5, 5.41) is 11.5. The maximum atomic E-state index is 5.15. The van der Waals surface area contributed by atoms with E-state index in [1.165, 1.54) is 5.52 Å². The number of aliphatic imine (C=N–C) groups is 1. The highest BCUT2D eigenvalue weighted by Gasteiger charge is 2.22. The number of ether oxygens (including phenoxy) is 1. The second kappa shape index (κ2) is 11.4. The van der Waals surface area contributed by atoms with Gasteiger partial charge in [-0.2, -0.15) is 5.10 Å². The summed E-state index contributed by atoms with van der Waals surface area (Å²) in [5.41, 5.74) is 2.21. The van der Waals surface area contributed by atoms with Gasteiger partial charge in [0, 0.05) is 39.2 Å². The number of halogens is 1. The number of hydrogen-bond acceptors (Lipinski definition) is 5. The summed E-state index contributed by atoms with van der Waals surface area (Å²) in [6.07, 6.45) is 4.78. The predicted molar refractivity (Wildman–Crippen MR) is 132 cm³/mol. The monoisotopic (exact) mass is 538 g/mol. The van der Waals surface area contributed by atoms with Crippen LogP contribution in [0.2, 0.25) is 0 Å². The summed E-state index contributed by atoms with van der Waals surface area (Å²) in [4.78, 5) is 13.8. The maximum Gasteiger partial charge on any atom is 0.191 e. The lowest BCUT2D eigenvalue weighted by Gasteiger charge is -2.25. The molecule has 31 heavy (non-hydrogen) atoms. The molecular weight excluding hydrogens is 507 g/mol. The van der Waals surface area contributed by atoms with Crippen molar-refractivity contribution in [3.63, 3.8) is 0 Å².